The Hall–Kier alpha value is -4.98. The number of rotatable bonds is 8. The van der Waals surface area contributed by atoms with E-state index >= 15 is 0 Å². The normalized spacial score (nSPS) is 10.1. The summed E-state index contributed by atoms with van der Waals surface area (Å²) in [6, 6.07) is 33.4. The molecule has 0 aliphatic carbocycles. The van der Waals surface area contributed by atoms with Crippen molar-refractivity contribution in [3.05, 3.63) is 120 Å². The number of hydrogen-bond acceptors (Lipinski definition) is 4. The van der Waals surface area contributed by atoms with Crippen LogP contribution in [0.15, 0.2) is 109 Å². The molecule has 4 rings (SSSR count). The number of amides is 4. The number of carbonyl (C=O) groups is 2. The number of anilines is 4. The second kappa shape index (κ2) is 11.8. The Morgan fingerprint density at radius 1 is 0.457 bits per heavy atom. The summed E-state index contributed by atoms with van der Waals surface area (Å²) in [4.78, 5) is 24.1. The third kappa shape index (κ3) is 7.54. The average Bonchev–Trinajstić information content (AvgIpc) is 2.90. The fourth-order valence-electron chi connectivity index (χ4n) is 3.27. The van der Waals surface area contributed by atoms with Crippen LogP contribution in [0.5, 0.6) is 0 Å². The lowest BCUT2D eigenvalue weighted by molar-refractivity contribution is 0.253. The molecule has 0 radical (unpaired) electrons. The van der Waals surface area contributed by atoms with Gasteiger partial charge in [-0.05, 0) is 66.1 Å². The molecule has 0 saturated carbocycles. The fourth-order valence-corrected chi connectivity index (χ4v) is 3.27. The van der Waals surface area contributed by atoms with Crippen molar-refractivity contribution in [2.75, 3.05) is 21.5 Å². The van der Waals surface area contributed by atoms with Gasteiger partial charge in [-0.3, -0.25) is 21.7 Å². The lowest BCUT2D eigenvalue weighted by atomic mass is 10.0. The van der Waals surface area contributed by atoms with E-state index in [9.17, 15) is 9.59 Å². The van der Waals surface area contributed by atoms with Crippen LogP contribution in [0.4, 0.5) is 32.3 Å². The number of urea groups is 2. The maximum absolute atomic E-state index is 12.1. The molecule has 0 aromatic heterocycles. The van der Waals surface area contributed by atoms with Crippen molar-refractivity contribution in [2.24, 2.45) is 0 Å². The molecule has 8 nitrogen and oxygen atoms in total. The van der Waals surface area contributed by atoms with Crippen LogP contribution in [-0.2, 0) is 6.42 Å². The highest BCUT2D eigenvalue weighted by molar-refractivity contribution is 5.90. The summed E-state index contributed by atoms with van der Waals surface area (Å²) in [5.41, 5.74) is 16.1. The molecule has 8 heteroatoms. The first-order chi connectivity index (χ1) is 17.1. The average molecular weight is 467 g/mol. The zero-order valence-corrected chi connectivity index (χ0v) is 18.9. The van der Waals surface area contributed by atoms with Crippen LogP contribution < -0.4 is 32.3 Å². The molecule has 176 valence electrons. The van der Waals surface area contributed by atoms with Gasteiger partial charge in [-0.15, -0.1) is 0 Å². The first kappa shape index (κ1) is 23.2. The Morgan fingerprint density at radius 2 is 0.829 bits per heavy atom. The van der Waals surface area contributed by atoms with E-state index in [1.54, 1.807) is 0 Å². The van der Waals surface area contributed by atoms with E-state index < -0.39 is 0 Å². The van der Waals surface area contributed by atoms with Gasteiger partial charge in [0.1, 0.15) is 0 Å². The van der Waals surface area contributed by atoms with Crippen molar-refractivity contribution in [3.63, 3.8) is 0 Å². The molecule has 4 aromatic carbocycles. The molecule has 6 N–H and O–H groups in total. The van der Waals surface area contributed by atoms with Gasteiger partial charge in [0.05, 0.1) is 11.4 Å². The predicted molar refractivity (Wildman–Crippen MR) is 140 cm³/mol. The molecule has 0 atom stereocenters. The van der Waals surface area contributed by atoms with Crippen molar-refractivity contribution >= 4 is 34.8 Å². The molecule has 35 heavy (non-hydrogen) atoms. The van der Waals surface area contributed by atoms with E-state index in [0.717, 1.165) is 28.9 Å². The van der Waals surface area contributed by atoms with Crippen molar-refractivity contribution in [2.45, 2.75) is 6.42 Å². The smallest absolute Gasteiger partial charge is 0.307 e. The van der Waals surface area contributed by atoms with Crippen LogP contribution in [0.2, 0.25) is 0 Å². The Morgan fingerprint density at radius 3 is 1.20 bits per heavy atom. The first-order valence-corrected chi connectivity index (χ1v) is 11.1. The Labute approximate surface area is 203 Å². The zero-order valence-electron chi connectivity index (χ0n) is 18.9. The van der Waals surface area contributed by atoms with Gasteiger partial charge in [0, 0.05) is 11.4 Å². The number of nitrogens with one attached hydrogen (secondary N) is 6. The Bertz CT molecular complexity index is 1130. The van der Waals surface area contributed by atoms with E-state index in [1.807, 2.05) is 109 Å². The second-order valence-corrected chi connectivity index (χ2v) is 7.71. The van der Waals surface area contributed by atoms with Crippen molar-refractivity contribution in [1.29, 1.82) is 0 Å². The van der Waals surface area contributed by atoms with Gasteiger partial charge in [-0.1, -0.05) is 60.7 Å². The predicted octanol–water partition coefficient (Wildman–Crippen LogP) is 5.57. The SMILES string of the molecule is O=C(NNc1ccccc1)Nc1ccc(Cc2ccc(NC(=O)NNc3ccccc3)cc2)cc1. The number of hydrogen-bond donors (Lipinski definition) is 6. The molecule has 0 aliphatic heterocycles. The van der Waals surface area contributed by atoms with Crippen molar-refractivity contribution < 1.29 is 9.59 Å². The van der Waals surface area contributed by atoms with Crippen LogP contribution >= 0.6 is 0 Å². The summed E-state index contributed by atoms with van der Waals surface area (Å²) in [5, 5.41) is 5.57. The zero-order chi connectivity index (χ0) is 24.3. The minimum Gasteiger partial charge on any atom is -0.307 e. The highest BCUT2D eigenvalue weighted by atomic mass is 16.2. The third-order valence-corrected chi connectivity index (χ3v) is 5.02. The summed E-state index contributed by atoms with van der Waals surface area (Å²) in [7, 11) is 0. The van der Waals surface area contributed by atoms with Crippen molar-refractivity contribution in [1.82, 2.24) is 10.9 Å². The van der Waals surface area contributed by atoms with Crippen molar-refractivity contribution in [3.8, 4) is 0 Å². The largest absolute Gasteiger partial charge is 0.337 e. The third-order valence-electron chi connectivity index (χ3n) is 5.02. The van der Waals surface area contributed by atoms with Gasteiger partial charge in [0.25, 0.3) is 0 Å². The molecule has 0 aliphatic rings. The molecule has 0 bridgehead atoms. The maximum Gasteiger partial charge on any atom is 0.337 e. The van der Waals surface area contributed by atoms with Gasteiger partial charge in [-0.2, -0.15) is 0 Å². The number of para-hydroxylation sites is 2. The minimum absolute atomic E-state index is 0.354. The van der Waals surface area contributed by atoms with E-state index in [-0.39, 0.29) is 12.1 Å². The molecule has 0 spiro atoms. The highest BCUT2D eigenvalue weighted by Crippen LogP contribution is 2.16. The van der Waals surface area contributed by atoms with Crippen LogP contribution in [0.3, 0.4) is 0 Å². The number of benzene rings is 4. The second-order valence-electron chi connectivity index (χ2n) is 7.71. The molecule has 4 aromatic rings. The van der Waals surface area contributed by atoms with Crippen LogP contribution in [0, 0.1) is 0 Å². The summed E-state index contributed by atoms with van der Waals surface area (Å²) < 4.78 is 0. The summed E-state index contributed by atoms with van der Waals surface area (Å²) >= 11 is 0. The van der Waals surface area contributed by atoms with Gasteiger partial charge in [0.2, 0.25) is 0 Å². The quantitative estimate of drug-likeness (QED) is 0.191. The van der Waals surface area contributed by atoms with Gasteiger partial charge in [0.15, 0.2) is 0 Å². The summed E-state index contributed by atoms with van der Waals surface area (Å²) in [5.74, 6) is 0. The van der Waals surface area contributed by atoms with Gasteiger partial charge in [-0.25, -0.2) is 9.59 Å². The molecule has 0 fully saturated rings. The molecular formula is C27H26N6O2. The standard InChI is InChI=1S/C27H26N6O2/c34-26(32-30-24-7-3-1-4-8-24)28-22-15-11-20(12-16-22)19-21-13-17-23(18-14-21)29-27(35)33-31-25-9-5-2-6-10-25/h1-18,30-31H,19H2,(H2,28,32,34)(H2,29,33,35). The minimum atomic E-state index is -0.354. The van der Waals surface area contributed by atoms with E-state index in [0.29, 0.717) is 11.4 Å². The molecule has 0 unspecified atom stereocenters. The lowest BCUT2D eigenvalue weighted by Gasteiger charge is -2.11. The van der Waals surface area contributed by atoms with Crippen LogP contribution in [-0.4, -0.2) is 12.1 Å². The summed E-state index contributed by atoms with van der Waals surface area (Å²) in [6.07, 6.45) is 0.726. The number of carbonyl (C=O) groups excluding carboxylic acids is 2. The Kier molecular flexibility index (Phi) is 7.79. The molecular weight excluding hydrogens is 440 g/mol. The van der Waals surface area contributed by atoms with Gasteiger partial charge < -0.3 is 10.6 Å². The van der Waals surface area contributed by atoms with Crippen LogP contribution in [0.1, 0.15) is 11.1 Å². The van der Waals surface area contributed by atoms with E-state index in [4.69, 9.17) is 0 Å². The molecule has 0 saturated heterocycles. The van der Waals surface area contributed by atoms with E-state index in [1.165, 1.54) is 0 Å². The highest BCUT2D eigenvalue weighted by Gasteiger charge is 2.04. The number of hydrazine groups is 2. The maximum atomic E-state index is 12.1. The molecule has 0 heterocycles. The summed E-state index contributed by atoms with van der Waals surface area (Å²) in [6.45, 7) is 0. The molecule has 4 amide bonds. The van der Waals surface area contributed by atoms with Gasteiger partial charge >= 0.3 is 12.1 Å². The van der Waals surface area contributed by atoms with Crippen LogP contribution in [0.25, 0.3) is 0 Å². The Balaban J connectivity index is 1.21. The topological polar surface area (TPSA) is 106 Å². The monoisotopic (exact) mass is 466 g/mol. The fraction of sp³-hybridized carbons (Fsp3) is 0.0370. The first-order valence-electron chi connectivity index (χ1n) is 11.1. The lowest BCUT2D eigenvalue weighted by Crippen LogP contribution is -2.33. The van der Waals surface area contributed by atoms with E-state index in [2.05, 4.69) is 32.3 Å².